The van der Waals surface area contributed by atoms with E-state index in [9.17, 15) is 13.2 Å². The number of sulfonamides is 1. The highest BCUT2D eigenvalue weighted by Gasteiger charge is 2.20. The summed E-state index contributed by atoms with van der Waals surface area (Å²) in [6.45, 7) is 3.55. The molecule has 2 aromatic carbocycles. The van der Waals surface area contributed by atoms with E-state index >= 15 is 0 Å². The molecule has 0 spiro atoms. The zero-order valence-corrected chi connectivity index (χ0v) is 13.1. The normalized spacial score (nSPS) is 11.2. The van der Waals surface area contributed by atoms with E-state index in [0.717, 1.165) is 5.56 Å². The van der Waals surface area contributed by atoms with Gasteiger partial charge >= 0.3 is 0 Å². The predicted octanol–water partition coefficient (Wildman–Crippen LogP) is 3.08. The Morgan fingerprint density at radius 3 is 2.43 bits per heavy atom. The van der Waals surface area contributed by atoms with Crippen molar-refractivity contribution in [2.24, 2.45) is 0 Å². The molecule has 0 atom stereocenters. The fourth-order valence-electron chi connectivity index (χ4n) is 1.97. The topological polar surface area (TPSA) is 63.2 Å². The molecule has 1 N–H and O–H groups in total. The van der Waals surface area contributed by atoms with Crippen molar-refractivity contribution in [2.75, 3.05) is 0 Å². The van der Waals surface area contributed by atoms with E-state index in [1.54, 1.807) is 31.2 Å². The van der Waals surface area contributed by atoms with Crippen LogP contribution in [0, 0.1) is 13.8 Å². The first kappa shape index (κ1) is 15.5. The molecule has 0 aliphatic rings. The van der Waals surface area contributed by atoms with Crippen molar-refractivity contribution in [1.29, 1.82) is 0 Å². The van der Waals surface area contributed by atoms with Gasteiger partial charge in [0.05, 0.1) is 4.90 Å². The molecule has 0 aliphatic carbocycles. The van der Waals surface area contributed by atoms with Crippen LogP contribution in [0.4, 0.5) is 0 Å². The SMILES string of the molecule is Cc1ccc(S(=O)(=O)NC(=O)c2cccc(Cl)c2)c(C)c1. The maximum atomic E-state index is 12.3. The van der Waals surface area contributed by atoms with Crippen LogP contribution >= 0.6 is 11.6 Å². The number of nitrogens with one attached hydrogen (secondary N) is 1. The minimum absolute atomic E-state index is 0.0866. The third-order valence-corrected chi connectivity index (χ3v) is 4.66. The van der Waals surface area contributed by atoms with Gasteiger partial charge in [0.1, 0.15) is 0 Å². The van der Waals surface area contributed by atoms with Gasteiger partial charge in [-0.25, -0.2) is 13.1 Å². The summed E-state index contributed by atoms with van der Waals surface area (Å²) in [5.41, 5.74) is 1.73. The van der Waals surface area contributed by atoms with Crippen LogP contribution in [-0.2, 0) is 10.0 Å². The van der Waals surface area contributed by atoms with Gasteiger partial charge < -0.3 is 0 Å². The molecular weight excluding hydrogens is 310 g/mol. The number of halogens is 1. The molecule has 2 aromatic rings. The molecule has 1 amide bonds. The first-order chi connectivity index (χ1) is 9.79. The second-order valence-corrected chi connectivity index (χ2v) is 6.80. The zero-order chi connectivity index (χ0) is 15.6. The molecule has 4 nitrogen and oxygen atoms in total. The molecule has 21 heavy (non-hydrogen) atoms. The third kappa shape index (κ3) is 3.62. The van der Waals surface area contributed by atoms with E-state index < -0.39 is 15.9 Å². The monoisotopic (exact) mass is 323 g/mol. The number of carbonyl (C=O) groups excluding carboxylic acids is 1. The molecular formula is C15H14ClNO3S. The molecule has 2 rings (SSSR count). The van der Waals surface area contributed by atoms with Crippen molar-refractivity contribution in [3.63, 3.8) is 0 Å². The van der Waals surface area contributed by atoms with Crippen LogP contribution < -0.4 is 4.72 Å². The van der Waals surface area contributed by atoms with E-state index in [0.29, 0.717) is 10.6 Å². The molecule has 0 saturated heterocycles. The Hall–Kier alpha value is -1.85. The third-order valence-electron chi connectivity index (χ3n) is 2.93. The number of benzene rings is 2. The van der Waals surface area contributed by atoms with Crippen LogP contribution in [0.15, 0.2) is 47.4 Å². The highest BCUT2D eigenvalue weighted by molar-refractivity contribution is 7.90. The molecule has 0 saturated carbocycles. The Labute approximate surface area is 128 Å². The lowest BCUT2D eigenvalue weighted by Crippen LogP contribution is -2.31. The molecule has 110 valence electrons. The van der Waals surface area contributed by atoms with Crippen LogP contribution in [0.1, 0.15) is 21.5 Å². The minimum Gasteiger partial charge on any atom is -0.268 e. The second-order valence-electron chi connectivity index (χ2n) is 4.71. The zero-order valence-electron chi connectivity index (χ0n) is 11.6. The molecule has 6 heteroatoms. The summed E-state index contributed by atoms with van der Waals surface area (Å²) in [6, 6.07) is 11.0. The molecule has 0 aliphatic heterocycles. The fraction of sp³-hybridized carbons (Fsp3) is 0.133. The smallest absolute Gasteiger partial charge is 0.265 e. The summed E-state index contributed by atoms with van der Waals surface area (Å²) in [6.07, 6.45) is 0. The van der Waals surface area contributed by atoms with Gasteiger partial charge in [0.2, 0.25) is 0 Å². The lowest BCUT2D eigenvalue weighted by molar-refractivity contribution is 0.0981. The Kier molecular flexibility index (Phi) is 4.34. The van der Waals surface area contributed by atoms with Crippen LogP contribution in [-0.4, -0.2) is 14.3 Å². The van der Waals surface area contributed by atoms with Crippen molar-refractivity contribution in [3.8, 4) is 0 Å². The van der Waals surface area contributed by atoms with E-state index in [4.69, 9.17) is 11.6 Å². The molecule has 0 heterocycles. The van der Waals surface area contributed by atoms with E-state index in [1.807, 2.05) is 6.92 Å². The number of hydrogen-bond acceptors (Lipinski definition) is 3. The van der Waals surface area contributed by atoms with Crippen molar-refractivity contribution in [2.45, 2.75) is 18.7 Å². The molecule has 0 aromatic heterocycles. The maximum Gasteiger partial charge on any atom is 0.265 e. The lowest BCUT2D eigenvalue weighted by atomic mass is 10.2. The second kappa shape index (κ2) is 5.87. The van der Waals surface area contributed by atoms with Gasteiger partial charge in [0, 0.05) is 10.6 Å². The van der Waals surface area contributed by atoms with E-state index in [-0.39, 0.29) is 10.5 Å². The molecule has 0 bridgehead atoms. The van der Waals surface area contributed by atoms with Crippen molar-refractivity contribution >= 4 is 27.5 Å². The van der Waals surface area contributed by atoms with Gasteiger partial charge in [0.15, 0.2) is 0 Å². The summed E-state index contributed by atoms with van der Waals surface area (Å²) in [4.78, 5) is 12.1. The van der Waals surface area contributed by atoms with Crippen molar-refractivity contribution < 1.29 is 13.2 Å². The largest absolute Gasteiger partial charge is 0.268 e. The fourth-order valence-corrected chi connectivity index (χ4v) is 3.36. The van der Waals surface area contributed by atoms with Gasteiger partial charge in [-0.3, -0.25) is 4.79 Å². The quantitative estimate of drug-likeness (QED) is 0.944. The lowest BCUT2D eigenvalue weighted by Gasteiger charge is -2.10. The van der Waals surface area contributed by atoms with Crippen LogP contribution in [0.2, 0.25) is 5.02 Å². The van der Waals surface area contributed by atoms with Crippen LogP contribution in [0.25, 0.3) is 0 Å². The highest BCUT2D eigenvalue weighted by Crippen LogP contribution is 2.17. The Balaban J connectivity index is 2.31. The van der Waals surface area contributed by atoms with Gasteiger partial charge in [-0.1, -0.05) is 35.4 Å². The van der Waals surface area contributed by atoms with Gasteiger partial charge in [-0.15, -0.1) is 0 Å². The summed E-state index contributed by atoms with van der Waals surface area (Å²) >= 11 is 5.79. The standard InChI is InChI=1S/C15H14ClNO3S/c1-10-6-7-14(11(2)8-10)21(19,20)17-15(18)12-4-3-5-13(16)9-12/h3-9H,1-2H3,(H,17,18). The number of carbonyl (C=O) groups is 1. The summed E-state index contributed by atoms with van der Waals surface area (Å²) in [7, 11) is -3.91. The maximum absolute atomic E-state index is 12.3. The summed E-state index contributed by atoms with van der Waals surface area (Å²) in [5, 5.41) is 0.367. The van der Waals surface area contributed by atoms with Crippen molar-refractivity contribution in [1.82, 2.24) is 4.72 Å². The van der Waals surface area contributed by atoms with Crippen LogP contribution in [0.5, 0.6) is 0 Å². The average Bonchev–Trinajstić information content (AvgIpc) is 2.37. The average molecular weight is 324 g/mol. The number of aryl methyl sites for hydroxylation is 2. The van der Waals surface area contributed by atoms with Crippen molar-refractivity contribution in [3.05, 3.63) is 64.2 Å². The van der Waals surface area contributed by atoms with E-state index in [2.05, 4.69) is 4.72 Å². The molecule has 0 fully saturated rings. The van der Waals surface area contributed by atoms with Gasteiger partial charge in [0.25, 0.3) is 15.9 Å². The van der Waals surface area contributed by atoms with Crippen LogP contribution in [0.3, 0.4) is 0 Å². The predicted molar refractivity (Wildman–Crippen MR) is 82.0 cm³/mol. The minimum atomic E-state index is -3.91. The molecule has 0 unspecified atom stereocenters. The number of hydrogen-bond donors (Lipinski definition) is 1. The highest BCUT2D eigenvalue weighted by atomic mass is 35.5. The summed E-state index contributed by atoms with van der Waals surface area (Å²) < 4.78 is 26.6. The van der Waals surface area contributed by atoms with E-state index in [1.165, 1.54) is 18.2 Å². The Morgan fingerprint density at radius 2 is 1.81 bits per heavy atom. The molecule has 0 radical (unpaired) electrons. The number of rotatable bonds is 3. The number of amides is 1. The first-order valence-corrected chi connectivity index (χ1v) is 8.06. The van der Waals surface area contributed by atoms with Gasteiger partial charge in [-0.05, 0) is 43.7 Å². The summed E-state index contributed by atoms with van der Waals surface area (Å²) in [5.74, 6) is -0.711. The Bertz CT molecular complexity index is 800. The first-order valence-electron chi connectivity index (χ1n) is 6.19. The van der Waals surface area contributed by atoms with Gasteiger partial charge in [-0.2, -0.15) is 0 Å². The Morgan fingerprint density at radius 1 is 1.10 bits per heavy atom.